The standard InChI is InChI=1S/C14H19NO2S/c1-10-4-2-3-5-14(10)18(16,17)15-13-9-11-6-7-12(13)8-11/h2-5,11-13,15H,6-9H2,1H3. The van der Waals surface area contributed by atoms with Gasteiger partial charge in [0.25, 0.3) is 0 Å². The van der Waals surface area contributed by atoms with Crippen LogP contribution in [0.1, 0.15) is 31.2 Å². The Bertz CT molecular complexity index is 553. The first-order valence-corrected chi connectivity index (χ1v) is 8.12. The molecule has 2 fully saturated rings. The zero-order valence-electron chi connectivity index (χ0n) is 10.6. The summed E-state index contributed by atoms with van der Waals surface area (Å²) in [5, 5.41) is 0. The van der Waals surface area contributed by atoms with E-state index in [4.69, 9.17) is 0 Å². The molecule has 18 heavy (non-hydrogen) atoms. The molecule has 0 aliphatic heterocycles. The van der Waals surface area contributed by atoms with Gasteiger partial charge in [0.05, 0.1) is 4.90 Å². The van der Waals surface area contributed by atoms with Crippen molar-refractivity contribution >= 4 is 10.0 Å². The molecule has 98 valence electrons. The van der Waals surface area contributed by atoms with Gasteiger partial charge in [-0.25, -0.2) is 13.1 Å². The van der Waals surface area contributed by atoms with Crippen molar-refractivity contribution in [3.63, 3.8) is 0 Å². The molecule has 3 unspecified atom stereocenters. The van der Waals surface area contributed by atoms with Crippen molar-refractivity contribution in [2.75, 3.05) is 0 Å². The van der Waals surface area contributed by atoms with Gasteiger partial charge in [0.1, 0.15) is 0 Å². The Morgan fingerprint density at radius 2 is 1.94 bits per heavy atom. The smallest absolute Gasteiger partial charge is 0.208 e. The van der Waals surface area contributed by atoms with Gasteiger partial charge in [-0.15, -0.1) is 0 Å². The number of aryl methyl sites for hydroxylation is 1. The van der Waals surface area contributed by atoms with Crippen molar-refractivity contribution in [2.45, 2.75) is 43.5 Å². The van der Waals surface area contributed by atoms with Gasteiger partial charge in [-0.1, -0.05) is 24.6 Å². The molecule has 0 heterocycles. The van der Waals surface area contributed by atoms with Crippen LogP contribution in [-0.4, -0.2) is 14.5 Å². The Hall–Kier alpha value is -0.870. The molecule has 0 spiro atoms. The summed E-state index contributed by atoms with van der Waals surface area (Å²) in [5.41, 5.74) is 0.813. The van der Waals surface area contributed by atoms with Crippen LogP contribution < -0.4 is 4.72 Å². The monoisotopic (exact) mass is 265 g/mol. The maximum atomic E-state index is 12.4. The molecule has 0 aromatic heterocycles. The van der Waals surface area contributed by atoms with Gasteiger partial charge >= 0.3 is 0 Å². The third-order valence-electron chi connectivity index (χ3n) is 4.43. The molecule has 0 saturated heterocycles. The lowest BCUT2D eigenvalue weighted by Crippen LogP contribution is -2.38. The number of hydrogen-bond donors (Lipinski definition) is 1. The molecule has 0 amide bonds. The van der Waals surface area contributed by atoms with Crippen molar-refractivity contribution in [1.29, 1.82) is 0 Å². The van der Waals surface area contributed by atoms with Crippen molar-refractivity contribution in [3.8, 4) is 0 Å². The summed E-state index contributed by atoms with van der Waals surface area (Å²) in [6.45, 7) is 1.84. The van der Waals surface area contributed by atoms with Gasteiger partial charge in [-0.3, -0.25) is 0 Å². The van der Waals surface area contributed by atoms with Crippen molar-refractivity contribution < 1.29 is 8.42 Å². The molecule has 3 nitrogen and oxygen atoms in total. The average Bonchev–Trinajstić information content (AvgIpc) is 2.90. The Balaban J connectivity index is 1.82. The van der Waals surface area contributed by atoms with E-state index in [0.29, 0.717) is 10.8 Å². The van der Waals surface area contributed by atoms with Crippen LogP contribution in [0.2, 0.25) is 0 Å². The van der Waals surface area contributed by atoms with E-state index in [1.54, 1.807) is 12.1 Å². The second-order valence-corrected chi connectivity index (χ2v) is 7.35. The first-order chi connectivity index (χ1) is 8.56. The van der Waals surface area contributed by atoms with E-state index in [9.17, 15) is 8.42 Å². The van der Waals surface area contributed by atoms with Crippen LogP contribution in [0.5, 0.6) is 0 Å². The summed E-state index contributed by atoms with van der Waals surface area (Å²) in [4.78, 5) is 0.424. The SMILES string of the molecule is Cc1ccccc1S(=O)(=O)NC1CC2CCC1C2. The van der Waals surface area contributed by atoms with Gasteiger partial charge < -0.3 is 0 Å². The highest BCUT2D eigenvalue weighted by molar-refractivity contribution is 7.89. The van der Waals surface area contributed by atoms with Crippen LogP contribution >= 0.6 is 0 Å². The van der Waals surface area contributed by atoms with Gasteiger partial charge in [0, 0.05) is 6.04 Å². The van der Waals surface area contributed by atoms with E-state index in [-0.39, 0.29) is 6.04 Å². The summed E-state index contributed by atoms with van der Waals surface area (Å²) in [7, 11) is -3.35. The van der Waals surface area contributed by atoms with Crippen molar-refractivity contribution in [2.24, 2.45) is 11.8 Å². The second-order valence-electron chi connectivity index (χ2n) is 5.67. The van der Waals surface area contributed by atoms with Gasteiger partial charge in [-0.05, 0) is 49.7 Å². The zero-order chi connectivity index (χ0) is 12.8. The maximum absolute atomic E-state index is 12.4. The number of nitrogens with one attached hydrogen (secondary N) is 1. The topological polar surface area (TPSA) is 46.2 Å². The minimum Gasteiger partial charge on any atom is -0.208 e. The van der Waals surface area contributed by atoms with Crippen LogP contribution in [-0.2, 0) is 10.0 Å². The Labute approximate surface area is 109 Å². The van der Waals surface area contributed by atoms with E-state index in [2.05, 4.69) is 4.72 Å². The molecular formula is C14H19NO2S. The molecule has 3 rings (SSSR count). The molecule has 1 aromatic rings. The predicted octanol–water partition coefficient (Wildman–Crippen LogP) is 2.46. The summed E-state index contributed by atoms with van der Waals surface area (Å²) in [6, 6.07) is 7.34. The van der Waals surface area contributed by atoms with E-state index < -0.39 is 10.0 Å². The summed E-state index contributed by atoms with van der Waals surface area (Å²) in [5.74, 6) is 1.31. The molecule has 1 N–H and O–H groups in total. The summed E-state index contributed by atoms with van der Waals surface area (Å²) < 4.78 is 27.7. The molecule has 1 aromatic carbocycles. The van der Waals surface area contributed by atoms with Crippen LogP contribution in [0.3, 0.4) is 0 Å². The molecule has 0 radical (unpaired) electrons. The molecular weight excluding hydrogens is 246 g/mol. The first-order valence-electron chi connectivity index (χ1n) is 6.64. The van der Waals surface area contributed by atoms with Crippen molar-refractivity contribution in [1.82, 2.24) is 4.72 Å². The lowest BCUT2D eigenvalue weighted by molar-refractivity contribution is 0.390. The zero-order valence-corrected chi connectivity index (χ0v) is 11.4. The minimum absolute atomic E-state index is 0.161. The van der Waals surface area contributed by atoms with Gasteiger partial charge in [0.2, 0.25) is 10.0 Å². The van der Waals surface area contributed by atoms with Crippen LogP contribution in [0.4, 0.5) is 0 Å². The maximum Gasteiger partial charge on any atom is 0.241 e. The van der Waals surface area contributed by atoms with Crippen LogP contribution in [0.25, 0.3) is 0 Å². The number of hydrogen-bond acceptors (Lipinski definition) is 2. The third kappa shape index (κ3) is 2.08. The highest BCUT2D eigenvalue weighted by atomic mass is 32.2. The Morgan fingerprint density at radius 1 is 1.17 bits per heavy atom. The normalized spacial score (nSPS) is 30.8. The van der Waals surface area contributed by atoms with Crippen LogP contribution in [0, 0.1) is 18.8 Å². The third-order valence-corrected chi connectivity index (χ3v) is 6.08. The van der Waals surface area contributed by atoms with Gasteiger partial charge in [-0.2, -0.15) is 0 Å². The molecule has 2 aliphatic rings. The summed E-state index contributed by atoms with van der Waals surface area (Å²) >= 11 is 0. The highest BCUT2D eigenvalue weighted by Gasteiger charge is 2.41. The lowest BCUT2D eigenvalue weighted by Gasteiger charge is -2.23. The number of fused-ring (bicyclic) bond motifs is 2. The largest absolute Gasteiger partial charge is 0.241 e. The number of benzene rings is 1. The molecule has 4 heteroatoms. The fraction of sp³-hybridized carbons (Fsp3) is 0.571. The molecule has 2 bridgehead atoms. The van der Waals surface area contributed by atoms with E-state index in [1.807, 2.05) is 19.1 Å². The molecule has 3 atom stereocenters. The van der Waals surface area contributed by atoms with Crippen LogP contribution in [0.15, 0.2) is 29.2 Å². The van der Waals surface area contributed by atoms with Crippen molar-refractivity contribution in [3.05, 3.63) is 29.8 Å². The number of sulfonamides is 1. The van der Waals surface area contributed by atoms with E-state index in [1.165, 1.54) is 19.3 Å². The quantitative estimate of drug-likeness (QED) is 0.912. The fourth-order valence-corrected chi connectivity index (χ4v) is 5.07. The molecule has 2 saturated carbocycles. The predicted molar refractivity (Wildman–Crippen MR) is 70.7 cm³/mol. The van der Waals surface area contributed by atoms with E-state index in [0.717, 1.165) is 17.9 Å². The van der Waals surface area contributed by atoms with Gasteiger partial charge in [0.15, 0.2) is 0 Å². The number of rotatable bonds is 3. The highest BCUT2D eigenvalue weighted by Crippen LogP contribution is 2.44. The fourth-order valence-electron chi connectivity index (χ4n) is 3.51. The lowest BCUT2D eigenvalue weighted by atomic mass is 9.96. The Kier molecular flexibility index (Phi) is 2.94. The average molecular weight is 265 g/mol. The minimum atomic E-state index is -3.35. The summed E-state index contributed by atoms with van der Waals surface area (Å²) in [6.07, 6.45) is 4.70. The van der Waals surface area contributed by atoms with E-state index >= 15 is 0 Å². The molecule has 2 aliphatic carbocycles. The first kappa shape index (κ1) is 12.2. The Morgan fingerprint density at radius 3 is 2.56 bits per heavy atom. The second kappa shape index (κ2) is 4.35.